The second kappa shape index (κ2) is 6.68. The molecule has 2 aromatic rings. The summed E-state index contributed by atoms with van der Waals surface area (Å²) in [6, 6.07) is 5.95. The summed E-state index contributed by atoms with van der Waals surface area (Å²) in [5, 5.41) is 12.9. The molecule has 1 aliphatic heterocycles. The summed E-state index contributed by atoms with van der Waals surface area (Å²) in [5.74, 6) is 2.96. The van der Waals surface area contributed by atoms with Crippen LogP contribution in [0.2, 0.25) is 0 Å². The Bertz CT molecular complexity index is 589. The van der Waals surface area contributed by atoms with E-state index in [-0.39, 0.29) is 5.75 Å². The lowest BCUT2D eigenvalue weighted by Crippen LogP contribution is -2.35. The largest absolute Gasteiger partial charge is 0.504 e. The molecular formula is C15H18N2O2S2. The third-order valence-corrected chi connectivity index (χ3v) is 5.51. The zero-order valence-electron chi connectivity index (χ0n) is 11.9. The van der Waals surface area contributed by atoms with E-state index in [4.69, 9.17) is 4.74 Å². The molecule has 6 heteroatoms. The highest BCUT2D eigenvalue weighted by Gasteiger charge is 2.26. The summed E-state index contributed by atoms with van der Waals surface area (Å²) in [4.78, 5) is 6.94. The summed E-state index contributed by atoms with van der Waals surface area (Å²) in [6.45, 7) is 1.90. The van der Waals surface area contributed by atoms with Gasteiger partial charge >= 0.3 is 0 Å². The maximum atomic E-state index is 9.69. The van der Waals surface area contributed by atoms with Gasteiger partial charge < -0.3 is 9.84 Å². The standard InChI is InChI=1S/C15H18N2O2S2/c1-19-14-8-11(2-3-13(14)18)9-17-5-7-20-10-12(17)15-16-4-6-21-15/h2-4,6,8,12,18H,5,7,9-10H2,1H3. The summed E-state index contributed by atoms with van der Waals surface area (Å²) in [6.07, 6.45) is 1.88. The van der Waals surface area contributed by atoms with Gasteiger partial charge in [-0.25, -0.2) is 4.98 Å². The lowest BCUT2D eigenvalue weighted by atomic mass is 10.1. The molecule has 112 valence electrons. The molecule has 3 rings (SSSR count). The fraction of sp³-hybridized carbons (Fsp3) is 0.400. The summed E-state index contributed by atoms with van der Waals surface area (Å²) < 4.78 is 5.19. The van der Waals surface area contributed by atoms with E-state index in [1.54, 1.807) is 24.5 Å². The maximum Gasteiger partial charge on any atom is 0.160 e. The number of thiazole rings is 1. The second-order valence-corrected chi connectivity index (χ2v) is 7.01. The molecule has 0 amide bonds. The molecule has 1 saturated heterocycles. The Balaban J connectivity index is 1.78. The minimum Gasteiger partial charge on any atom is -0.504 e. The maximum absolute atomic E-state index is 9.69. The van der Waals surface area contributed by atoms with Crippen LogP contribution in [0.5, 0.6) is 11.5 Å². The first kappa shape index (κ1) is 14.7. The zero-order valence-corrected chi connectivity index (χ0v) is 13.5. The molecule has 21 heavy (non-hydrogen) atoms. The predicted molar refractivity (Wildman–Crippen MR) is 87.2 cm³/mol. The molecule has 1 fully saturated rings. The molecular weight excluding hydrogens is 304 g/mol. The van der Waals surface area contributed by atoms with Crippen LogP contribution in [0.1, 0.15) is 16.6 Å². The number of hydrogen-bond acceptors (Lipinski definition) is 6. The van der Waals surface area contributed by atoms with E-state index < -0.39 is 0 Å². The fourth-order valence-corrected chi connectivity index (χ4v) is 4.51. The first-order valence-corrected chi connectivity index (χ1v) is 8.88. The quantitative estimate of drug-likeness (QED) is 0.937. The molecule has 1 N–H and O–H groups in total. The van der Waals surface area contributed by atoms with Gasteiger partial charge in [0.1, 0.15) is 5.01 Å². The first-order valence-electron chi connectivity index (χ1n) is 6.85. The van der Waals surface area contributed by atoms with Gasteiger partial charge in [-0.15, -0.1) is 11.3 Å². The molecule has 0 spiro atoms. The molecule has 0 aliphatic carbocycles. The summed E-state index contributed by atoms with van der Waals surface area (Å²) >= 11 is 3.71. The van der Waals surface area contributed by atoms with Crippen molar-refractivity contribution in [3.63, 3.8) is 0 Å². The SMILES string of the molecule is COc1cc(CN2CCSCC2c2nccs2)ccc1O. The average molecular weight is 322 g/mol. The van der Waals surface area contributed by atoms with Gasteiger partial charge in [0.05, 0.1) is 13.2 Å². The summed E-state index contributed by atoms with van der Waals surface area (Å²) in [5.41, 5.74) is 1.15. The van der Waals surface area contributed by atoms with Crippen LogP contribution < -0.4 is 4.74 Å². The fourth-order valence-electron chi connectivity index (χ4n) is 2.51. The van der Waals surface area contributed by atoms with Crippen LogP contribution in [0.25, 0.3) is 0 Å². The van der Waals surface area contributed by atoms with E-state index >= 15 is 0 Å². The number of aromatic hydroxyl groups is 1. The molecule has 1 atom stereocenters. The number of methoxy groups -OCH3 is 1. The van der Waals surface area contributed by atoms with Crippen LogP contribution in [-0.4, -0.2) is 40.2 Å². The van der Waals surface area contributed by atoms with Crippen molar-refractivity contribution in [1.29, 1.82) is 0 Å². The van der Waals surface area contributed by atoms with Gasteiger partial charge in [0.25, 0.3) is 0 Å². The van der Waals surface area contributed by atoms with E-state index in [9.17, 15) is 5.11 Å². The lowest BCUT2D eigenvalue weighted by Gasteiger charge is -2.34. The van der Waals surface area contributed by atoms with Gasteiger partial charge in [-0.2, -0.15) is 11.8 Å². The Morgan fingerprint density at radius 2 is 2.38 bits per heavy atom. The molecule has 0 saturated carbocycles. The number of thioether (sulfide) groups is 1. The highest BCUT2D eigenvalue weighted by Crippen LogP contribution is 2.33. The molecule has 1 aliphatic rings. The van der Waals surface area contributed by atoms with E-state index in [1.165, 1.54) is 5.01 Å². The lowest BCUT2D eigenvalue weighted by molar-refractivity contribution is 0.211. The van der Waals surface area contributed by atoms with Crippen LogP contribution in [0.15, 0.2) is 29.8 Å². The number of ether oxygens (including phenoxy) is 1. The van der Waals surface area contributed by atoms with Crippen molar-refractivity contribution < 1.29 is 9.84 Å². The molecule has 1 unspecified atom stereocenters. The Labute approximate surface area is 132 Å². The predicted octanol–water partition coefficient (Wildman–Crippen LogP) is 3.15. The van der Waals surface area contributed by atoms with E-state index in [0.29, 0.717) is 11.8 Å². The van der Waals surface area contributed by atoms with Crippen molar-refractivity contribution in [2.45, 2.75) is 12.6 Å². The van der Waals surface area contributed by atoms with Crippen molar-refractivity contribution in [3.8, 4) is 11.5 Å². The van der Waals surface area contributed by atoms with Crippen molar-refractivity contribution in [2.75, 3.05) is 25.2 Å². The highest BCUT2D eigenvalue weighted by molar-refractivity contribution is 7.99. The number of aromatic nitrogens is 1. The Hall–Kier alpha value is -1.24. The van der Waals surface area contributed by atoms with Gasteiger partial charge in [0, 0.05) is 36.2 Å². The van der Waals surface area contributed by atoms with Crippen molar-refractivity contribution in [1.82, 2.24) is 9.88 Å². The third-order valence-electron chi connectivity index (χ3n) is 3.61. The Morgan fingerprint density at radius 1 is 1.48 bits per heavy atom. The number of nitrogens with zero attached hydrogens (tertiary/aromatic N) is 2. The minimum absolute atomic E-state index is 0.187. The molecule has 0 bridgehead atoms. The molecule has 2 heterocycles. The molecule has 4 nitrogen and oxygen atoms in total. The first-order chi connectivity index (χ1) is 10.3. The normalized spacial score (nSPS) is 19.6. The third kappa shape index (κ3) is 3.33. The average Bonchev–Trinajstić information content (AvgIpc) is 3.04. The van der Waals surface area contributed by atoms with Gasteiger partial charge in [0.2, 0.25) is 0 Å². The number of phenolic OH excluding ortho intramolecular Hbond substituents is 1. The number of hydrogen-bond donors (Lipinski definition) is 1. The number of benzene rings is 1. The van der Waals surface area contributed by atoms with Crippen molar-refractivity contribution in [2.24, 2.45) is 0 Å². The second-order valence-electron chi connectivity index (χ2n) is 4.94. The highest BCUT2D eigenvalue weighted by atomic mass is 32.2. The van der Waals surface area contributed by atoms with Crippen LogP contribution >= 0.6 is 23.1 Å². The smallest absolute Gasteiger partial charge is 0.160 e. The molecule has 1 aromatic carbocycles. The van der Waals surface area contributed by atoms with Gasteiger partial charge in [-0.3, -0.25) is 4.90 Å². The minimum atomic E-state index is 0.187. The van der Waals surface area contributed by atoms with Gasteiger partial charge in [0.15, 0.2) is 11.5 Å². The van der Waals surface area contributed by atoms with Gasteiger partial charge in [-0.05, 0) is 17.7 Å². The number of phenols is 1. The van der Waals surface area contributed by atoms with Crippen LogP contribution in [-0.2, 0) is 6.54 Å². The Morgan fingerprint density at radius 3 is 3.14 bits per heavy atom. The van der Waals surface area contributed by atoms with Gasteiger partial charge in [-0.1, -0.05) is 6.07 Å². The van der Waals surface area contributed by atoms with Crippen LogP contribution in [0, 0.1) is 0 Å². The zero-order chi connectivity index (χ0) is 14.7. The van der Waals surface area contributed by atoms with Crippen molar-refractivity contribution in [3.05, 3.63) is 40.3 Å². The Kier molecular flexibility index (Phi) is 4.67. The van der Waals surface area contributed by atoms with Crippen molar-refractivity contribution >= 4 is 23.1 Å². The van der Waals surface area contributed by atoms with E-state index in [2.05, 4.69) is 9.88 Å². The van der Waals surface area contributed by atoms with E-state index in [1.807, 2.05) is 35.5 Å². The van der Waals surface area contributed by atoms with Crippen LogP contribution in [0.4, 0.5) is 0 Å². The topological polar surface area (TPSA) is 45.6 Å². The molecule has 0 radical (unpaired) electrons. The van der Waals surface area contributed by atoms with Crippen LogP contribution in [0.3, 0.4) is 0 Å². The number of rotatable bonds is 4. The monoisotopic (exact) mass is 322 g/mol. The van der Waals surface area contributed by atoms with E-state index in [0.717, 1.165) is 30.2 Å². The molecule has 1 aromatic heterocycles. The summed E-state index contributed by atoms with van der Waals surface area (Å²) in [7, 11) is 1.58.